The molecule has 30 heavy (non-hydrogen) atoms. The molecule has 2 heterocycles. The van der Waals surface area contributed by atoms with Crippen molar-refractivity contribution in [2.45, 2.75) is 32.9 Å². The van der Waals surface area contributed by atoms with E-state index in [1.807, 2.05) is 24.0 Å². The first-order valence-electron chi connectivity index (χ1n) is 10.7. The van der Waals surface area contributed by atoms with Gasteiger partial charge in [-0.3, -0.25) is 14.5 Å². The molecule has 0 saturated carbocycles. The topological polar surface area (TPSA) is 61.9 Å². The summed E-state index contributed by atoms with van der Waals surface area (Å²) in [5, 5.41) is 3.01. The summed E-state index contributed by atoms with van der Waals surface area (Å²) in [5.41, 5.74) is 5.00. The quantitative estimate of drug-likeness (QED) is 0.800. The van der Waals surface area contributed by atoms with Crippen molar-refractivity contribution in [1.82, 2.24) is 10.2 Å². The van der Waals surface area contributed by atoms with Crippen LogP contribution in [0.5, 0.6) is 0 Å². The monoisotopic (exact) mass is 407 g/mol. The number of carbonyl (C=O) groups is 2. The van der Waals surface area contributed by atoms with Gasteiger partial charge in [0.05, 0.1) is 13.2 Å². The zero-order valence-corrected chi connectivity index (χ0v) is 17.5. The lowest BCUT2D eigenvalue weighted by atomic mass is 10.1. The molecule has 2 aliphatic rings. The lowest BCUT2D eigenvalue weighted by molar-refractivity contribution is -0.118. The van der Waals surface area contributed by atoms with Crippen LogP contribution in [0.4, 0.5) is 5.69 Å². The summed E-state index contributed by atoms with van der Waals surface area (Å²) in [7, 11) is 0. The Morgan fingerprint density at radius 3 is 2.47 bits per heavy atom. The molecule has 158 valence electrons. The Morgan fingerprint density at radius 1 is 1.00 bits per heavy atom. The SMILES string of the molecule is CCC(=O)N1CCc2cc(C(=O)NCc3ccc(CN4CCOCC4)cc3)ccc21. The highest BCUT2D eigenvalue weighted by atomic mass is 16.5. The molecular formula is C24H29N3O3. The van der Waals surface area contributed by atoms with E-state index in [0.29, 0.717) is 25.1 Å². The molecule has 1 fully saturated rings. The minimum Gasteiger partial charge on any atom is -0.379 e. The van der Waals surface area contributed by atoms with E-state index < -0.39 is 0 Å². The van der Waals surface area contributed by atoms with Crippen molar-refractivity contribution in [3.63, 3.8) is 0 Å². The number of hydrogen-bond acceptors (Lipinski definition) is 4. The summed E-state index contributed by atoms with van der Waals surface area (Å²) in [6, 6.07) is 14.0. The fourth-order valence-corrected chi connectivity index (χ4v) is 4.06. The van der Waals surface area contributed by atoms with Crippen LogP contribution in [0, 0.1) is 0 Å². The normalized spacial score (nSPS) is 16.4. The Balaban J connectivity index is 1.32. The van der Waals surface area contributed by atoms with Crippen LogP contribution in [0.3, 0.4) is 0 Å². The molecule has 0 bridgehead atoms. The standard InChI is InChI=1S/C24H29N3O3/c1-2-23(28)27-10-9-20-15-21(7-8-22(20)27)24(29)25-16-18-3-5-19(6-4-18)17-26-11-13-30-14-12-26/h3-8,15H,2,9-14,16-17H2,1H3,(H,25,29). The van der Waals surface area contributed by atoms with Crippen molar-refractivity contribution in [1.29, 1.82) is 0 Å². The molecular weight excluding hydrogens is 378 g/mol. The van der Waals surface area contributed by atoms with Crippen LogP contribution in [-0.2, 0) is 29.0 Å². The predicted octanol–water partition coefficient (Wildman–Crippen LogP) is 2.75. The lowest BCUT2D eigenvalue weighted by Gasteiger charge is -2.26. The predicted molar refractivity (Wildman–Crippen MR) is 116 cm³/mol. The van der Waals surface area contributed by atoms with Gasteiger partial charge in [-0.05, 0) is 41.3 Å². The molecule has 2 aromatic rings. The largest absolute Gasteiger partial charge is 0.379 e. The molecule has 6 heteroatoms. The smallest absolute Gasteiger partial charge is 0.251 e. The van der Waals surface area contributed by atoms with E-state index in [4.69, 9.17) is 4.74 Å². The number of anilines is 1. The van der Waals surface area contributed by atoms with E-state index in [0.717, 1.165) is 56.1 Å². The Bertz CT molecular complexity index is 904. The van der Waals surface area contributed by atoms with Gasteiger partial charge in [-0.1, -0.05) is 31.2 Å². The summed E-state index contributed by atoms with van der Waals surface area (Å²) >= 11 is 0. The highest BCUT2D eigenvalue weighted by Gasteiger charge is 2.24. The highest BCUT2D eigenvalue weighted by Crippen LogP contribution is 2.29. The van der Waals surface area contributed by atoms with Gasteiger partial charge in [0, 0.05) is 50.4 Å². The molecule has 2 aliphatic heterocycles. The Kier molecular flexibility index (Phi) is 6.45. The van der Waals surface area contributed by atoms with Gasteiger partial charge in [-0.25, -0.2) is 0 Å². The maximum atomic E-state index is 12.6. The second-order valence-corrected chi connectivity index (χ2v) is 7.88. The van der Waals surface area contributed by atoms with Gasteiger partial charge in [0.1, 0.15) is 0 Å². The van der Waals surface area contributed by atoms with E-state index in [1.54, 1.807) is 6.07 Å². The summed E-state index contributed by atoms with van der Waals surface area (Å²) in [6.45, 7) is 7.56. The summed E-state index contributed by atoms with van der Waals surface area (Å²) < 4.78 is 5.39. The second-order valence-electron chi connectivity index (χ2n) is 7.88. The van der Waals surface area contributed by atoms with Crippen molar-refractivity contribution < 1.29 is 14.3 Å². The summed E-state index contributed by atoms with van der Waals surface area (Å²) in [4.78, 5) is 28.8. The van der Waals surface area contributed by atoms with Gasteiger partial charge in [-0.2, -0.15) is 0 Å². The average Bonchev–Trinajstić information content (AvgIpc) is 3.22. The van der Waals surface area contributed by atoms with Crippen molar-refractivity contribution in [3.05, 3.63) is 64.7 Å². The molecule has 0 aliphatic carbocycles. The minimum absolute atomic E-state index is 0.0875. The van der Waals surface area contributed by atoms with Crippen molar-refractivity contribution in [3.8, 4) is 0 Å². The third-order valence-electron chi connectivity index (χ3n) is 5.83. The zero-order chi connectivity index (χ0) is 20.9. The molecule has 4 rings (SSSR count). The number of rotatable bonds is 6. The second kappa shape index (κ2) is 9.41. The maximum absolute atomic E-state index is 12.6. The van der Waals surface area contributed by atoms with Crippen LogP contribution in [0.2, 0.25) is 0 Å². The maximum Gasteiger partial charge on any atom is 0.251 e. The van der Waals surface area contributed by atoms with Gasteiger partial charge in [0.2, 0.25) is 5.91 Å². The van der Waals surface area contributed by atoms with E-state index in [9.17, 15) is 9.59 Å². The number of hydrogen-bond donors (Lipinski definition) is 1. The third kappa shape index (κ3) is 4.71. The molecule has 1 saturated heterocycles. The molecule has 0 unspecified atom stereocenters. The van der Waals surface area contributed by atoms with Gasteiger partial charge < -0.3 is 15.0 Å². The minimum atomic E-state index is -0.0875. The Morgan fingerprint density at radius 2 is 1.73 bits per heavy atom. The van der Waals surface area contributed by atoms with Crippen LogP contribution in [0.15, 0.2) is 42.5 Å². The summed E-state index contributed by atoms with van der Waals surface area (Å²) in [5.74, 6) is 0.0403. The van der Waals surface area contributed by atoms with E-state index in [-0.39, 0.29) is 11.8 Å². The van der Waals surface area contributed by atoms with Gasteiger partial charge in [0.25, 0.3) is 5.91 Å². The van der Waals surface area contributed by atoms with Crippen LogP contribution in [-0.4, -0.2) is 49.6 Å². The number of benzene rings is 2. The highest BCUT2D eigenvalue weighted by molar-refractivity contribution is 5.98. The molecule has 2 aromatic carbocycles. The van der Waals surface area contributed by atoms with Gasteiger partial charge in [-0.15, -0.1) is 0 Å². The van der Waals surface area contributed by atoms with Crippen LogP contribution in [0.25, 0.3) is 0 Å². The fraction of sp³-hybridized carbons (Fsp3) is 0.417. The van der Waals surface area contributed by atoms with Crippen LogP contribution in [0.1, 0.15) is 40.4 Å². The summed E-state index contributed by atoms with van der Waals surface area (Å²) in [6.07, 6.45) is 1.29. The molecule has 2 amide bonds. The van der Waals surface area contributed by atoms with Crippen LogP contribution >= 0.6 is 0 Å². The number of nitrogens with one attached hydrogen (secondary N) is 1. The Labute approximate surface area is 177 Å². The first kappa shape index (κ1) is 20.6. The van der Waals surface area contributed by atoms with Gasteiger partial charge in [0.15, 0.2) is 0 Å². The third-order valence-corrected chi connectivity index (χ3v) is 5.83. The van der Waals surface area contributed by atoms with E-state index in [2.05, 4.69) is 34.5 Å². The van der Waals surface area contributed by atoms with Crippen LogP contribution < -0.4 is 10.2 Å². The molecule has 0 atom stereocenters. The average molecular weight is 408 g/mol. The van der Waals surface area contributed by atoms with E-state index >= 15 is 0 Å². The zero-order valence-electron chi connectivity index (χ0n) is 17.5. The number of morpholine rings is 1. The van der Waals surface area contributed by atoms with Gasteiger partial charge >= 0.3 is 0 Å². The number of carbonyl (C=O) groups excluding carboxylic acids is 2. The van der Waals surface area contributed by atoms with Crippen molar-refractivity contribution >= 4 is 17.5 Å². The fourth-order valence-electron chi connectivity index (χ4n) is 4.06. The number of nitrogens with zero attached hydrogens (tertiary/aromatic N) is 2. The molecule has 6 nitrogen and oxygen atoms in total. The first-order chi connectivity index (χ1) is 14.6. The number of ether oxygens (including phenoxy) is 1. The molecule has 0 radical (unpaired) electrons. The van der Waals surface area contributed by atoms with Crippen molar-refractivity contribution in [2.24, 2.45) is 0 Å². The lowest BCUT2D eigenvalue weighted by Crippen LogP contribution is -2.35. The first-order valence-corrected chi connectivity index (χ1v) is 10.7. The molecule has 1 N–H and O–H groups in total. The Hall–Kier alpha value is -2.70. The number of fused-ring (bicyclic) bond motifs is 1. The molecule has 0 spiro atoms. The van der Waals surface area contributed by atoms with E-state index in [1.165, 1.54) is 5.56 Å². The number of amides is 2. The van der Waals surface area contributed by atoms with Crippen molar-refractivity contribution in [2.75, 3.05) is 37.7 Å². The molecule has 0 aromatic heterocycles.